The Morgan fingerprint density at radius 3 is 2.83 bits per heavy atom. The van der Waals surface area contributed by atoms with Crippen LogP contribution in [-0.2, 0) is 0 Å². The van der Waals surface area contributed by atoms with Gasteiger partial charge in [0.15, 0.2) is 0 Å². The number of hydrogen-bond acceptors (Lipinski definition) is 4. The number of rotatable bonds is 4. The van der Waals surface area contributed by atoms with Crippen LogP contribution in [0, 0.1) is 0 Å². The molecule has 0 bridgehead atoms. The third kappa shape index (κ3) is 3.21. The van der Waals surface area contributed by atoms with Crippen molar-refractivity contribution >= 4 is 11.8 Å². The highest BCUT2D eigenvalue weighted by atomic mass is 16.4. The maximum Gasteiger partial charge on any atom is 0.337 e. The molecule has 0 unspecified atom stereocenters. The summed E-state index contributed by atoms with van der Waals surface area (Å²) in [6, 6.07) is 3.81. The first-order chi connectivity index (χ1) is 11.1. The van der Waals surface area contributed by atoms with Crippen LogP contribution in [-0.4, -0.2) is 38.7 Å². The molecule has 1 aliphatic rings. The summed E-state index contributed by atoms with van der Waals surface area (Å²) in [6.45, 7) is 6.14. The van der Waals surface area contributed by atoms with Crippen molar-refractivity contribution in [2.75, 3.05) is 18.0 Å². The Morgan fingerprint density at radius 1 is 1.35 bits per heavy atom. The van der Waals surface area contributed by atoms with Crippen LogP contribution in [0.5, 0.6) is 0 Å². The Labute approximate surface area is 135 Å². The smallest absolute Gasteiger partial charge is 0.337 e. The van der Waals surface area contributed by atoms with Gasteiger partial charge >= 0.3 is 5.97 Å². The predicted octanol–water partition coefficient (Wildman–Crippen LogP) is 2.94. The molecular formula is C17H22N4O2. The molecule has 6 nitrogen and oxygen atoms in total. The van der Waals surface area contributed by atoms with Crippen molar-refractivity contribution in [3.05, 3.63) is 42.1 Å². The number of anilines is 1. The Hall–Kier alpha value is -2.37. The van der Waals surface area contributed by atoms with Crippen LogP contribution in [0.3, 0.4) is 0 Å². The second-order valence-electron chi connectivity index (χ2n) is 6.28. The van der Waals surface area contributed by atoms with Gasteiger partial charge in [-0.15, -0.1) is 0 Å². The van der Waals surface area contributed by atoms with Crippen molar-refractivity contribution < 1.29 is 9.90 Å². The number of pyridine rings is 1. The minimum Gasteiger partial charge on any atom is -0.478 e. The van der Waals surface area contributed by atoms with Gasteiger partial charge in [0.25, 0.3) is 0 Å². The predicted molar refractivity (Wildman–Crippen MR) is 88.0 cm³/mol. The SMILES string of the molecule is CC(C)n1ccnc1[C@@H]1CCCN(c2ccc(C(=O)O)cn2)C1. The number of hydrogen-bond donors (Lipinski definition) is 1. The van der Waals surface area contributed by atoms with E-state index in [-0.39, 0.29) is 5.56 Å². The van der Waals surface area contributed by atoms with Gasteiger partial charge in [-0.25, -0.2) is 14.8 Å². The number of carbonyl (C=O) groups is 1. The molecule has 3 heterocycles. The number of aromatic nitrogens is 3. The number of aromatic carboxylic acids is 1. The van der Waals surface area contributed by atoms with E-state index in [1.165, 1.54) is 6.20 Å². The van der Waals surface area contributed by atoms with Crippen molar-refractivity contribution in [2.45, 2.75) is 38.6 Å². The molecule has 0 saturated carbocycles. The third-order valence-electron chi connectivity index (χ3n) is 4.36. The quantitative estimate of drug-likeness (QED) is 0.939. The van der Waals surface area contributed by atoms with Gasteiger partial charge < -0.3 is 14.6 Å². The lowest BCUT2D eigenvalue weighted by Crippen LogP contribution is -2.36. The summed E-state index contributed by atoms with van der Waals surface area (Å²) in [5.74, 6) is 1.40. The average Bonchev–Trinajstić information content (AvgIpc) is 3.05. The molecule has 122 valence electrons. The molecule has 3 rings (SSSR count). The van der Waals surface area contributed by atoms with E-state index >= 15 is 0 Å². The summed E-state index contributed by atoms with van der Waals surface area (Å²) in [5, 5.41) is 8.97. The summed E-state index contributed by atoms with van der Waals surface area (Å²) >= 11 is 0. The van der Waals surface area contributed by atoms with E-state index in [9.17, 15) is 4.79 Å². The molecule has 1 atom stereocenters. The molecule has 0 radical (unpaired) electrons. The van der Waals surface area contributed by atoms with E-state index in [4.69, 9.17) is 5.11 Å². The van der Waals surface area contributed by atoms with Crippen LogP contribution in [0.15, 0.2) is 30.7 Å². The first kappa shape index (κ1) is 15.5. The van der Waals surface area contributed by atoms with Gasteiger partial charge in [-0.1, -0.05) is 0 Å². The maximum absolute atomic E-state index is 10.9. The van der Waals surface area contributed by atoms with Crippen LogP contribution in [0.1, 0.15) is 54.8 Å². The molecule has 23 heavy (non-hydrogen) atoms. The van der Waals surface area contributed by atoms with Crippen molar-refractivity contribution in [1.82, 2.24) is 14.5 Å². The molecule has 1 aliphatic heterocycles. The molecule has 0 amide bonds. The minimum absolute atomic E-state index is 0.220. The molecule has 1 saturated heterocycles. The zero-order chi connectivity index (χ0) is 16.4. The largest absolute Gasteiger partial charge is 0.478 e. The second kappa shape index (κ2) is 6.40. The fraction of sp³-hybridized carbons (Fsp3) is 0.471. The van der Waals surface area contributed by atoms with Crippen LogP contribution >= 0.6 is 0 Å². The minimum atomic E-state index is -0.945. The van der Waals surface area contributed by atoms with Gasteiger partial charge in [-0.05, 0) is 38.8 Å². The highest BCUT2D eigenvalue weighted by molar-refractivity contribution is 5.87. The van der Waals surface area contributed by atoms with Crippen molar-refractivity contribution in [1.29, 1.82) is 0 Å². The maximum atomic E-state index is 10.9. The number of piperidine rings is 1. The number of imidazole rings is 1. The molecule has 1 fully saturated rings. The van der Waals surface area contributed by atoms with Crippen LogP contribution in [0.2, 0.25) is 0 Å². The van der Waals surface area contributed by atoms with Crippen LogP contribution < -0.4 is 4.90 Å². The molecule has 1 N–H and O–H groups in total. The molecule has 2 aromatic rings. The first-order valence-electron chi connectivity index (χ1n) is 8.03. The van der Waals surface area contributed by atoms with Gasteiger partial charge in [-0.3, -0.25) is 0 Å². The summed E-state index contributed by atoms with van der Waals surface area (Å²) in [7, 11) is 0. The summed E-state index contributed by atoms with van der Waals surface area (Å²) in [5.41, 5.74) is 0.220. The van der Waals surface area contributed by atoms with E-state index in [2.05, 4.69) is 33.3 Å². The lowest BCUT2D eigenvalue weighted by atomic mass is 9.97. The Morgan fingerprint density at radius 2 is 2.17 bits per heavy atom. The van der Waals surface area contributed by atoms with Gasteiger partial charge in [0, 0.05) is 43.6 Å². The number of carboxylic acid groups (broad SMARTS) is 1. The lowest BCUT2D eigenvalue weighted by molar-refractivity contribution is 0.0696. The number of nitrogens with zero attached hydrogens (tertiary/aromatic N) is 4. The molecule has 0 aliphatic carbocycles. The third-order valence-corrected chi connectivity index (χ3v) is 4.36. The van der Waals surface area contributed by atoms with Crippen molar-refractivity contribution in [3.63, 3.8) is 0 Å². The molecule has 0 aromatic carbocycles. The van der Waals surface area contributed by atoms with E-state index in [0.29, 0.717) is 12.0 Å². The number of carboxylic acids is 1. The fourth-order valence-corrected chi connectivity index (χ4v) is 3.17. The zero-order valence-corrected chi connectivity index (χ0v) is 13.5. The average molecular weight is 314 g/mol. The Bertz CT molecular complexity index is 678. The lowest BCUT2D eigenvalue weighted by Gasteiger charge is -2.33. The molecule has 6 heteroatoms. The van der Waals surface area contributed by atoms with Gasteiger partial charge in [0.1, 0.15) is 11.6 Å². The normalized spacial score (nSPS) is 18.4. The first-order valence-corrected chi connectivity index (χ1v) is 8.03. The summed E-state index contributed by atoms with van der Waals surface area (Å²) in [4.78, 5) is 22.0. The van der Waals surface area contributed by atoms with Crippen LogP contribution in [0.25, 0.3) is 0 Å². The topological polar surface area (TPSA) is 71.2 Å². The molecular weight excluding hydrogens is 292 g/mol. The fourth-order valence-electron chi connectivity index (χ4n) is 3.17. The van der Waals surface area contributed by atoms with E-state index in [1.807, 2.05) is 12.4 Å². The van der Waals surface area contributed by atoms with Crippen molar-refractivity contribution in [3.8, 4) is 0 Å². The summed E-state index contributed by atoms with van der Waals surface area (Å²) < 4.78 is 2.23. The van der Waals surface area contributed by atoms with Gasteiger partial charge in [-0.2, -0.15) is 0 Å². The van der Waals surface area contributed by atoms with E-state index in [0.717, 1.165) is 37.6 Å². The highest BCUT2D eigenvalue weighted by Crippen LogP contribution is 2.29. The monoisotopic (exact) mass is 314 g/mol. The van der Waals surface area contributed by atoms with Crippen molar-refractivity contribution in [2.24, 2.45) is 0 Å². The molecule has 0 spiro atoms. The zero-order valence-electron chi connectivity index (χ0n) is 13.5. The van der Waals surface area contributed by atoms with E-state index in [1.54, 1.807) is 12.1 Å². The summed E-state index contributed by atoms with van der Waals surface area (Å²) in [6.07, 6.45) is 7.54. The van der Waals surface area contributed by atoms with Gasteiger partial charge in [0.2, 0.25) is 0 Å². The highest BCUT2D eigenvalue weighted by Gasteiger charge is 2.26. The second-order valence-corrected chi connectivity index (χ2v) is 6.28. The Balaban J connectivity index is 1.78. The van der Waals surface area contributed by atoms with Gasteiger partial charge in [0.05, 0.1) is 5.56 Å². The molecule has 2 aromatic heterocycles. The van der Waals surface area contributed by atoms with Crippen LogP contribution in [0.4, 0.5) is 5.82 Å². The standard InChI is InChI=1S/C17H22N4O2/c1-12(2)21-9-7-18-16(21)14-4-3-8-20(11-14)15-6-5-13(10-19-15)17(22)23/h5-7,9-10,12,14H,3-4,8,11H2,1-2H3,(H,22,23)/t14-/m1/s1. The Kier molecular flexibility index (Phi) is 4.32. The van der Waals surface area contributed by atoms with E-state index < -0.39 is 5.97 Å².